The molecular weight excluding hydrogens is 586 g/mol. The highest BCUT2D eigenvalue weighted by Crippen LogP contribution is 2.40. The van der Waals surface area contributed by atoms with E-state index in [9.17, 15) is 9.59 Å². The van der Waals surface area contributed by atoms with Gasteiger partial charge in [0.15, 0.2) is 0 Å². The van der Waals surface area contributed by atoms with Crippen molar-refractivity contribution in [1.82, 2.24) is 14.7 Å². The van der Waals surface area contributed by atoms with E-state index in [1.165, 1.54) is 5.56 Å². The Hall–Kier alpha value is -4.79. The number of urea groups is 2. The summed E-state index contributed by atoms with van der Waals surface area (Å²) in [5.41, 5.74) is 6.69. The quantitative estimate of drug-likeness (QED) is 0.191. The molecule has 1 aromatic heterocycles. The molecule has 6 rings (SSSR count). The fourth-order valence-electron chi connectivity index (χ4n) is 6.87. The lowest BCUT2D eigenvalue weighted by Crippen LogP contribution is -2.48. The van der Waals surface area contributed by atoms with E-state index in [2.05, 4.69) is 53.8 Å². The van der Waals surface area contributed by atoms with Gasteiger partial charge in [0.1, 0.15) is 5.82 Å². The number of nitrogens with one attached hydrogen (secondary N) is 3. The second-order valence-electron chi connectivity index (χ2n) is 14.4. The van der Waals surface area contributed by atoms with Crippen LogP contribution in [-0.4, -0.2) is 52.9 Å². The molecule has 0 spiro atoms. The van der Waals surface area contributed by atoms with Gasteiger partial charge in [0, 0.05) is 54.7 Å². The summed E-state index contributed by atoms with van der Waals surface area (Å²) in [7, 11) is 4.01. The van der Waals surface area contributed by atoms with Crippen molar-refractivity contribution in [3.05, 3.63) is 95.7 Å². The third kappa shape index (κ3) is 7.45. The van der Waals surface area contributed by atoms with E-state index in [1.807, 2.05) is 92.6 Å². The number of amides is 4. The minimum atomic E-state index is -0.317. The number of rotatable bonds is 7. The molecule has 3 N–H and O–H groups in total. The molecule has 2 unspecified atom stereocenters. The molecule has 0 saturated carbocycles. The first kappa shape index (κ1) is 32.2. The first-order valence-electron chi connectivity index (χ1n) is 16.6. The minimum Gasteiger partial charge on any atom is -0.378 e. The molecule has 4 aromatic rings. The van der Waals surface area contributed by atoms with Crippen molar-refractivity contribution in [2.45, 2.75) is 77.3 Å². The van der Waals surface area contributed by atoms with Crippen molar-refractivity contribution in [2.75, 3.05) is 34.9 Å². The van der Waals surface area contributed by atoms with Gasteiger partial charge in [0.2, 0.25) is 0 Å². The number of hydrogen-bond acceptors (Lipinski definition) is 4. The zero-order valence-corrected chi connectivity index (χ0v) is 28.4. The van der Waals surface area contributed by atoms with Gasteiger partial charge in [0.05, 0.1) is 11.4 Å². The summed E-state index contributed by atoms with van der Waals surface area (Å²) in [4.78, 5) is 30.5. The highest BCUT2D eigenvalue weighted by atomic mass is 16.2. The average molecular weight is 634 g/mol. The Balaban J connectivity index is 1.04. The molecule has 2 fully saturated rings. The van der Waals surface area contributed by atoms with Crippen LogP contribution in [0.5, 0.6) is 0 Å². The van der Waals surface area contributed by atoms with Crippen molar-refractivity contribution in [3.8, 4) is 5.69 Å². The second-order valence-corrected chi connectivity index (χ2v) is 14.4. The number of piperidine rings is 1. The van der Waals surface area contributed by atoms with Crippen LogP contribution in [0, 0.1) is 12.8 Å². The third-order valence-corrected chi connectivity index (χ3v) is 9.43. The van der Waals surface area contributed by atoms with Crippen LogP contribution in [0.1, 0.15) is 63.3 Å². The summed E-state index contributed by atoms with van der Waals surface area (Å²) < 4.78 is 1.78. The number of hydrogen-bond donors (Lipinski definition) is 3. The van der Waals surface area contributed by atoms with Gasteiger partial charge >= 0.3 is 12.1 Å². The first-order valence-corrected chi connectivity index (χ1v) is 16.6. The fraction of sp³-hybridized carbons (Fsp3) is 0.395. The molecule has 0 radical (unpaired) electrons. The molecule has 47 heavy (non-hydrogen) atoms. The molecular formula is C38H47N7O2. The Morgan fingerprint density at radius 1 is 0.830 bits per heavy atom. The molecule has 246 valence electrons. The molecule has 9 heteroatoms. The minimum absolute atomic E-state index is 0.0128. The van der Waals surface area contributed by atoms with Crippen molar-refractivity contribution in [1.29, 1.82) is 0 Å². The van der Waals surface area contributed by atoms with Crippen LogP contribution in [0.2, 0.25) is 0 Å². The molecule has 2 saturated heterocycles. The van der Waals surface area contributed by atoms with E-state index in [-0.39, 0.29) is 29.6 Å². The highest BCUT2D eigenvalue weighted by Gasteiger charge is 2.43. The molecule has 4 amide bonds. The van der Waals surface area contributed by atoms with E-state index in [4.69, 9.17) is 5.10 Å². The van der Waals surface area contributed by atoms with Crippen LogP contribution in [-0.2, 0) is 11.8 Å². The van der Waals surface area contributed by atoms with Crippen LogP contribution in [0.25, 0.3) is 5.69 Å². The van der Waals surface area contributed by atoms with E-state index in [0.29, 0.717) is 11.7 Å². The Morgan fingerprint density at radius 2 is 1.43 bits per heavy atom. The first-order chi connectivity index (χ1) is 22.4. The normalized spacial score (nSPS) is 18.9. The Labute approximate surface area is 278 Å². The number of fused-ring (bicyclic) bond motifs is 2. The van der Waals surface area contributed by atoms with Crippen LogP contribution in [0.15, 0.2) is 78.9 Å². The molecule has 3 heterocycles. The van der Waals surface area contributed by atoms with Gasteiger partial charge in [-0.25, -0.2) is 14.3 Å². The van der Waals surface area contributed by atoms with Crippen molar-refractivity contribution in [2.24, 2.45) is 5.92 Å². The molecule has 3 aromatic carbocycles. The van der Waals surface area contributed by atoms with Crippen LogP contribution >= 0.6 is 0 Å². The lowest BCUT2D eigenvalue weighted by atomic mass is 9.86. The van der Waals surface area contributed by atoms with Gasteiger partial charge in [-0.1, -0.05) is 50.6 Å². The number of nitrogens with zero attached hydrogens (tertiary/aromatic N) is 4. The maximum absolute atomic E-state index is 13.3. The lowest BCUT2D eigenvalue weighted by molar-refractivity contribution is 0.131. The van der Waals surface area contributed by atoms with Gasteiger partial charge in [-0.05, 0) is 99.0 Å². The number of carbonyl (C=O) groups is 2. The van der Waals surface area contributed by atoms with Crippen molar-refractivity contribution < 1.29 is 9.59 Å². The number of carbonyl (C=O) groups excluding carboxylic acids is 2. The van der Waals surface area contributed by atoms with Crippen LogP contribution in [0.3, 0.4) is 0 Å². The van der Waals surface area contributed by atoms with E-state index in [0.717, 1.165) is 66.1 Å². The van der Waals surface area contributed by atoms with Gasteiger partial charge in [0.25, 0.3) is 0 Å². The number of aryl methyl sites for hydroxylation is 1. The summed E-state index contributed by atoms with van der Waals surface area (Å²) in [5, 5.41) is 13.9. The molecule has 2 atom stereocenters. The zero-order chi connectivity index (χ0) is 33.3. The fourth-order valence-corrected chi connectivity index (χ4v) is 6.87. The van der Waals surface area contributed by atoms with Crippen molar-refractivity contribution in [3.63, 3.8) is 0 Å². The predicted octanol–water partition coefficient (Wildman–Crippen LogP) is 8.21. The third-order valence-electron chi connectivity index (χ3n) is 9.43. The topological polar surface area (TPSA) is 94.5 Å². The largest absolute Gasteiger partial charge is 0.378 e. The van der Waals surface area contributed by atoms with E-state index >= 15 is 0 Å². The Morgan fingerprint density at radius 3 is 2.02 bits per heavy atom. The monoisotopic (exact) mass is 633 g/mol. The maximum atomic E-state index is 13.3. The Kier molecular flexibility index (Phi) is 8.99. The average Bonchev–Trinajstić information content (AvgIpc) is 3.57. The second kappa shape index (κ2) is 13.1. The van der Waals surface area contributed by atoms with Gasteiger partial charge in [-0.2, -0.15) is 5.10 Å². The SMILES string of the molecule is Cc1ccc(-n2nc(C(C)(C)C)cc2NC(=O)Nc2ccc(CC3CC4CCC(C3)N4C(=O)Nc3ccc(N(C)C)cc3)cc2)cc1. The molecule has 2 bridgehead atoms. The smallest absolute Gasteiger partial charge is 0.324 e. The van der Waals surface area contributed by atoms with Gasteiger partial charge in [-0.3, -0.25) is 5.32 Å². The van der Waals surface area contributed by atoms with Crippen LogP contribution < -0.4 is 20.9 Å². The predicted molar refractivity (Wildman–Crippen MR) is 191 cm³/mol. The zero-order valence-electron chi connectivity index (χ0n) is 28.4. The molecule has 0 aliphatic carbocycles. The summed E-state index contributed by atoms with van der Waals surface area (Å²) >= 11 is 0. The summed E-state index contributed by atoms with van der Waals surface area (Å²) in [6.45, 7) is 8.37. The van der Waals surface area contributed by atoms with E-state index in [1.54, 1.807) is 4.68 Å². The van der Waals surface area contributed by atoms with Crippen LogP contribution in [0.4, 0.5) is 32.5 Å². The van der Waals surface area contributed by atoms with Gasteiger partial charge in [-0.15, -0.1) is 0 Å². The number of aromatic nitrogens is 2. The molecule has 2 aliphatic rings. The number of benzene rings is 3. The lowest BCUT2D eigenvalue weighted by Gasteiger charge is -2.39. The summed E-state index contributed by atoms with van der Waals surface area (Å²) in [5.74, 6) is 1.14. The molecule has 2 aliphatic heterocycles. The summed E-state index contributed by atoms with van der Waals surface area (Å²) in [6, 6.07) is 26.4. The van der Waals surface area contributed by atoms with E-state index < -0.39 is 0 Å². The van der Waals surface area contributed by atoms with Gasteiger partial charge < -0.3 is 20.4 Å². The Bertz CT molecular complexity index is 1690. The maximum Gasteiger partial charge on any atom is 0.324 e. The molecule has 9 nitrogen and oxygen atoms in total. The summed E-state index contributed by atoms with van der Waals surface area (Å²) in [6.07, 6.45) is 5.11. The van der Waals surface area contributed by atoms with Crippen molar-refractivity contribution >= 4 is 34.9 Å². The number of anilines is 4. The highest BCUT2D eigenvalue weighted by molar-refractivity contribution is 5.99. The standard InChI is InChI=1S/C38H47N7O2/c1-25-7-15-31(16-8-25)45-35(24-34(42-45)38(2,3)4)41-36(46)39-28-11-9-26(10-12-28)21-27-22-32-19-20-33(23-27)44(32)37(47)40-29-13-17-30(18-14-29)43(5)6/h7-18,24,27,32-33H,19-23H2,1-6H3,(H,40,47)(H2,39,41,46).